The molecule has 1 atom stereocenters. The van der Waals surface area contributed by atoms with E-state index in [1.54, 1.807) is 29.2 Å². The summed E-state index contributed by atoms with van der Waals surface area (Å²) in [7, 11) is 0. The van der Waals surface area contributed by atoms with Crippen molar-refractivity contribution in [2.45, 2.75) is 57.8 Å². The molecule has 0 aliphatic carbocycles. The first-order valence-corrected chi connectivity index (χ1v) is 15.6. The molecule has 1 amide bonds. The third-order valence-corrected chi connectivity index (χ3v) is 8.43. The van der Waals surface area contributed by atoms with Crippen molar-refractivity contribution in [3.63, 3.8) is 0 Å². The maximum Gasteiger partial charge on any atom is 0.410 e. The van der Waals surface area contributed by atoms with Crippen molar-refractivity contribution in [3.05, 3.63) is 113 Å². The van der Waals surface area contributed by atoms with Crippen LogP contribution in [0.4, 0.5) is 4.79 Å². The molecular weight excluding hydrogens is 584 g/mol. The first-order chi connectivity index (χ1) is 21.1. The van der Waals surface area contributed by atoms with Crippen LogP contribution < -0.4 is 0 Å². The molecule has 2 heterocycles. The van der Waals surface area contributed by atoms with E-state index in [1.807, 2.05) is 63.2 Å². The minimum atomic E-state index is -1.93. The molecule has 2 aliphatic rings. The van der Waals surface area contributed by atoms with Crippen molar-refractivity contribution < 1.29 is 24.2 Å². The number of nitrogens with zero attached hydrogens (tertiary/aromatic N) is 2. The zero-order chi connectivity index (χ0) is 31.2. The number of esters is 1. The largest absolute Gasteiger partial charge is 0.463 e. The second kappa shape index (κ2) is 15.1. The third-order valence-electron chi connectivity index (χ3n) is 8.43. The molecule has 1 saturated heterocycles. The maximum atomic E-state index is 13.7. The van der Waals surface area contributed by atoms with Gasteiger partial charge in [-0.3, -0.25) is 4.90 Å². The minimum Gasteiger partial charge on any atom is -0.463 e. The number of carbonyl (C=O) groups excluding carboxylic acids is 2. The molecule has 1 fully saturated rings. The maximum absolute atomic E-state index is 13.7. The molecule has 3 aromatic carbocycles. The summed E-state index contributed by atoms with van der Waals surface area (Å²) in [6, 6.07) is 26.9. The van der Waals surface area contributed by atoms with E-state index in [4.69, 9.17) is 9.47 Å². The Morgan fingerprint density at radius 1 is 0.844 bits per heavy atom. The molecule has 2 aliphatic heterocycles. The molecule has 5 rings (SSSR count). The predicted octanol–water partition coefficient (Wildman–Crippen LogP) is 6.51. The molecule has 0 aromatic heterocycles. The van der Waals surface area contributed by atoms with Gasteiger partial charge >= 0.3 is 12.1 Å². The van der Waals surface area contributed by atoms with Crippen LogP contribution in [0.5, 0.6) is 0 Å². The topological polar surface area (TPSA) is 79.3 Å². The van der Waals surface area contributed by atoms with Crippen LogP contribution in [0.1, 0.15) is 62.3 Å². The van der Waals surface area contributed by atoms with Gasteiger partial charge in [-0.25, -0.2) is 9.59 Å². The molecule has 8 heteroatoms. The average molecular weight is 631 g/mol. The van der Waals surface area contributed by atoms with Crippen LogP contribution in [-0.2, 0) is 26.4 Å². The summed E-state index contributed by atoms with van der Waals surface area (Å²) in [6.07, 6.45) is 4.30. The van der Waals surface area contributed by atoms with E-state index in [0.29, 0.717) is 30.6 Å². The lowest BCUT2D eigenvalue weighted by Gasteiger charge is -2.33. The van der Waals surface area contributed by atoms with Crippen LogP contribution in [-0.4, -0.2) is 65.4 Å². The number of rotatable bonds is 8. The van der Waals surface area contributed by atoms with E-state index in [1.165, 1.54) is 5.56 Å². The normalized spacial score (nSPS) is 17.4. The van der Waals surface area contributed by atoms with Gasteiger partial charge in [-0.15, -0.1) is 0 Å². The van der Waals surface area contributed by atoms with Crippen LogP contribution in [0.15, 0.2) is 91.0 Å². The highest BCUT2D eigenvalue weighted by Gasteiger charge is 2.42. The second-order valence-corrected chi connectivity index (χ2v) is 12.9. The highest BCUT2D eigenvalue weighted by atomic mass is 32.1. The Bertz CT molecular complexity index is 1430. The lowest BCUT2D eigenvalue weighted by Crippen LogP contribution is -2.40. The summed E-state index contributed by atoms with van der Waals surface area (Å²) in [5.74, 6) is -0.403. The number of carbonyl (C=O) groups is 2. The third kappa shape index (κ3) is 8.78. The summed E-state index contributed by atoms with van der Waals surface area (Å²) in [5.41, 5.74) is 1.88. The van der Waals surface area contributed by atoms with Gasteiger partial charge in [0.15, 0.2) is 0 Å². The summed E-state index contributed by atoms with van der Waals surface area (Å²) in [6.45, 7) is 9.73. The van der Waals surface area contributed by atoms with Crippen molar-refractivity contribution in [1.29, 1.82) is 0 Å². The van der Waals surface area contributed by atoms with Gasteiger partial charge in [-0.05, 0) is 86.9 Å². The van der Waals surface area contributed by atoms with Crippen LogP contribution >= 0.6 is 13.5 Å². The molecule has 1 N–H and O–H groups in total. The summed E-state index contributed by atoms with van der Waals surface area (Å²) in [5, 5.41) is 12.0. The predicted molar refractivity (Wildman–Crippen MR) is 182 cm³/mol. The Hall–Kier alpha value is -3.59. The van der Waals surface area contributed by atoms with Crippen LogP contribution in [0.3, 0.4) is 0 Å². The smallest absolute Gasteiger partial charge is 0.410 e. The van der Waals surface area contributed by atoms with E-state index in [9.17, 15) is 14.7 Å². The summed E-state index contributed by atoms with van der Waals surface area (Å²) >= 11 is 0. The van der Waals surface area contributed by atoms with Gasteiger partial charge in [0.05, 0.1) is 6.61 Å². The van der Waals surface area contributed by atoms with Crippen LogP contribution in [0.25, 0.3) is 5.57 Å². The van der Waals surface area contributed by atoms with E-state index < -0.39 is 17.2 Å². The number of piperidine rings is 1. The van der Waals surface area contributed by atoms with Crippen LogP contribution in [0.2, 0.25) is 0 Å². The molecule has 7 nitrogen and oxygen atoms in total. The first kappa shape index (κ1) is 34.3. The van der Waals surface area contributed by atoms with E-state index in [0.717, 1.165) is 43.6 Å². The molecule has 45 heavy (non-hydrogen) atoms. The minimum absolute atomic E-state index is 0. The number of hydrogen-bond donors (Lipinski definition) is 1. The van der Waals surface area contributed by atoms with Crippen molar-refractivity contribution in [2.24, 2.45) is 5.92 Å². The van der Waals surface area contributed by atoms with Crippen molar-refractivity contribution in [2.75, 3.05) is 32.8 Å². The van der Waals surface area contributed by atoms with Gasteiger partial charge in [0, 0.05) is 19.6 Å². The van der Waals surface area contributed by atoms with E-state index in [-0.39, 0.29) is 32.1 Å². The highest BCUT2D eigenvalue weighted by Crippen LogP contribution is 2.33. The van der Waals surface area contributed by atoms with Gasteiger partial charge in [-0.2, -0.15) is 13.5 Å². The van der Waals surface area contributed by atoms with Gasteiger partial charge in [-0.1, -0.05) is 91.0 Å². The molecule has 0 spiro atoms. The SMILES string of the molecule is CC(C)(C)OC(=O)N1CC=C(c2ccc([C@](O)(C(=O)OCC3CCN(Cc4ccccc4)CC3)c3ccccc3)cc2)CC1.S. The van der Waals surface area contributed by atoms with E-state index >= 15 is 0 Å². The first-order valence-electron chi connectivity index (χ1n) is 15.6. The van der Waals surface area contributed by atoms with Gasteiger partial charge in [0.25, 0.3) is 0 Å². The average Bonchev–Trinajstić information content (AvgIpc) is 3.04. The van der Waals surface area contributed by atoms with Gasteiger partial charge in [0.2, 0.25) is 5.60 Å². The molecule has 3 aromatic rings. The monoisotopic (exact) mass is 630 g/mol. The number of amides is 1. The van der Waals surface area contributed by atoms with Crippen molar-refractivity contribution >= 4 is 31.1 Å². The lowest BCUT2D eigenvalue weighted by atomic mass is 9.85. The Balaban J connectivity index is 0.00000461. The summed E-state index contributed by atoms with van der Waals surface area (Å²) in [4.78, 5) is 30.2. The number of hydrogen-bond acceptors (Lipinski definition) is 6. The standard InChI is InChI=1S/C37H44N2O5.H2S/c1-36(2,3)44-35(41)39-24-20-31(21-25-39)30-14-16-33(17-15-30)37(42,32-12-8-5-9-13-32)34(40)43-27-29-18-22-38(23-19-29)26-28-10-6-4-7-11-28;/h4-17,20,29,42H,18-19,21-27H2,1-3H3;1H2/t37-;/m0./s1. The zero-order valence-corrected chi connectivity index (χ0v) is 27.6. The fraction of sp³-hybridized carbons (Fsp3) is 0.405. The van der Waals surface area contributed by atoms with Gasteiger partial charge in [0.1, 0.15) is 5.60 Å². The molecule has 0 radical (unpaired) electrons. The Labute approximate surface area is 274 Å². The van der Waals surface area contributed by atoms with Gasteiger partial charge < -0.3 is 19.5 Å². The number of benzene rings is 3. The van der Waals surface area contributed by atoms with E-state index in [2.05, 4.69) is 29.2 Å². The number of likely N-dealkylation sites (tertiary alicyclic amines) is 1. The quantitative estimate of drug-likeness (QED) is 0.286. The fourth-order valence-corrected chi connectivity index (χ4v) is 5.88. The molecule has 240 valence electrons. The van der Waals surface area contributed by atoms with Crippen molar-refractivity contribution in [1.82, 2.24) is 9.80 Å². The Kier molecular flexibility index (Phi) is 11.5. The molecule has 0 saturated carbocycles. The molecule has 0 unspecified atom stereocenters. The molecular formula is C37H46N2O5S. The molecule has 0 bridgehead atoms. The lowest BCUT2D eigenvalue weighted by molar-refractivity contribution is -0.164. The Morgan fingerprint density at radius 2 is 1.44 bits per heavy atom. The summed E-state index contributed by atoms with van der Waals surface area (Å²) < 4.78 is 11.4. The number of ether oxygens (including phenoxy) is 2. The highest BCUT2D eigenvalue weighted by molar-refractivity contribution is 7.59. The van der Waals surface area contributed by atoms with Crippen molar-refractivity contribution in [3.8, 4) is 0 Å². The number of aliphatic hydroxyl groups is 1. The Morgan fingerprint density at radius 3 is 2.02 bits per heavy atom. The second-order valence-electron chi connectivity index (χ2n) is 12.9. The zero-order valence-electron chi connectivity index (χ0n) is 26.6. The van der Waals surface area contributed by atoms with Crippen LogP contribution in [0, 0.1) is 5.92 Å². The fourth-order valence-electron chi connectivity index (χ4n) is 5.88.